The summed E-state index contributed by atoms with van der Waals surface area (Å²) in [5, 5.41) is 3.27. The van der Waals surface area contributed by atoms with Crippen LogP contribution in [0.1, 0.15) is 19.8 Å². The minimum absolute atomic E-state index is 0.852. The van der Waals surface area contributed by atoms with E-state index in [4.69, 9.17) is 4.74 Å². The molecule has 68 valence electrons. The third-order valence-corrected chi connectivity index (χ3v) is 1.68. The average Bonchev–Trinajstić information content (AvgIpc) is 2.03. The number of hydrogen-bond donors (Lipinski definition) is 1. The zero-order chi connectivity index (χ0) is 8.36. The zero-order valence-corrected chi connectivity index (χ0v) is 8.59. The molecule has 0 fully saturated rings. The zero-order valence-electron chi connectivity index (χ0n) is 7.44. The number of ether oxygens (including phenoxy) is 1. The molecule has 0 heterocycles. The first-order valence-electron chi connectivity index (χ1n) is 4.40. The van der Waals surface area contributed by atoms with Gasteiger partial charge in [0.05, 0.1) is 6.61 Å². The van der Waals surface area contributed by atoms with Crippen LogP contribution in [-0.4, -0.2) is 32.5 Å². The SMILES string of the molecule is CCCCOCCNCCP. The highest BCUT2D eigenvalue weighted by molar-refractivity contribution is 7.16. The second-order valence-corrected chi connectivity index (χ2v) is 3.08. The Morgan fingerprint density at radius 1 is 1.27 bits per heavy atom. The molecule has 0 spiro atoms. The van der Waals surface area contributed by atoms with Gasteiger partial charge in [-0.3, -0.25) is 0 Å². The number of nitrogens with one attached hydrogen (secondary N) is 1. The molecule has 2 nitrogen and oxygen atoms in total. The van der Waals surface area contributed by atoms with Crippen molar-refractivity contribution < 1.29 is 4.74 Å². The molecule has 1 unspecified atom stereocenters. The van der Waals surface area contributed by atoms with Gasteiger partial charge in [0.25, 0.3) is 0 Å². The molecule has 0 saturated carbocycles. The summed E-state index contributed by atoms with van der Waals surface area (Å²) in [6, 6.07) is 0. The van der Waals surface area contributed by atoms with E-state index in [1.807, 2.05) is 0 Å². The summed E-state index contributed by atoms with van der Waals surface area (Å²) in [4.78, 5) is 0. The molecule has 0 aromatic heterocycles. The molecule has 0 aliphatic carbocycles. The second-order valence-electron chi connectivity index (χ2n) is 2.50. The number of rotatable bonds is 8. The first-order chi connectivity index (χ1) is 5.41. The molecule has 0 rings (SSSR count). The van der Waals surface area contributed by atoms with Gasteiger partial charge >= 0.3 is 0 Å². The Kier molecular flexibility index (Phi) is 10.7. The maximum atomic E-state index is 5.35. The predicted molar refractivity (Wildman–Crippen MR) is 53.2 cm³/mol. The van der Waals surface area contributed by atoms with Crippen molar-refractivity contribution in [3.8, 4) is 0 Å². The molecule has 0 aliphatic rings. The van der Waals surface area contributed by atoms with Crippen LogP contribution < -0.4 is 5.32 Å². The molecule has 0 radical (unpaired) electrons. The van der Waals surface area contributed by atoms with E-state index in [2.05, 4.69) is 21.5 Å². The summed E-state index contributed by atoms with van der Waals surface area (Å²) in [7, 11) is 2.69. The van der Waals surface area contributed by atoms with E-state index >= 15 is 0 Å². The summed E-state index contributed by atoms with van der Waals surface area (Å²) >= 11 is 0. The predicted octanol–water partition coefficient (Wildman–Crippen LogP) is 1.27. The first-order valence-corrected chi connectivity index (χ1v) is 5.22. The molecule has 0 amide bonds. The van der Waals surface area contributed by atoms with E-state index in [9.17, 15) is 0 Å². The van der Waals surface area contributed by atoms with Crippen LogP contribution in [0.15, 0.2) is 0 Å². The van der Waals surface area contributed by atoms with Crippen molar-refractivity contribution >= 4 is 9.24 Å². The quantitative estimate of drug-likeness (QED) is 0.445. The van der Waals surface area contributed by atoms with Gasteiger partial charge in [0.2, 0.25) is 0 Å². The van der Waals surface area contributed by atoms with Gasteiger partial charge < -0.3 is 10.1 Å². The summed E-state index contributed by atoms with van der Waals surface area (Å²) in [5.41, 5.74) is 0. The topological polar surface area (TPSA) is 21.3 Å². The van der Waals surface area contributed by atoms with Crippen LogP contribution in [-0.2, 0) is 4.74 Å². The lowest BCUT2D eigenvalue weighted by Gasteiger charge is -2.03. The molecule has 0 aliphatic heterocycles. The monoisotopic (exact) mass is 177 g/mol. The van der Waals surface area contributed by atoms with Gasteiger partial charge in [-0.25, -0.2) is 0 Å². The minimum atomic E-state index is 0.852. The summed E-state index contributed by atoms with van der Waals surface area (Å²) in [5.74, 6) is 0. The highest BCUT2D eigenvalue weighted by Gasteiger charge is 1.86. The molecule has 0 saturated heterocycles. The van der Waals surface area contributed by atoms with E-state index in [1.165, 1.54) is 12.8 Å². The average molecular weight is 177 g/mol. The molecule has 0 aromatic rings. The van der Waals surface area contributed by atoms with E-state index in [1.54, 1.807) is 0 Å². The summed E-state index contributed by atoms with van der Waals surface area (Å²) in [6.07, 6.45) is 3.53. The van der Waals surface area contributed by atoms with E-state index in [0.29, 0.717) is 0 Å². The normalized spacial score (nSPS) is 10.4. The molecule has 1 atom stereocenters. The number of hydrogen-bond acceptors (Lipinski definition) is 2. The lowest BCUT2D eigenvalue weighted by molar-refractivity contribution is 0.133. The third kappa shape index (κ3) is 10.4. The molecule has 0 aromatic carbocycles. The first kappa shape index (κ1) is 11.4. The lowest BCUT2D eigenvalue weighted by atomic mass is 10.4. The van der Waals surface area contributed by atoms with Crippen molar-refractivity contribution in [3.63, 3.8) is 0 Å². The Bertz CT molecular complexity index is 63.1. The highest BCUT2D eigenvalue weighted by atomic mass is 31.0. The number of unbranched alkanes of at least 4 members (excludes halogenated alkanes) is 1. The minimum Gasteiger partial charge on any atom is -0.380 e. The Balaban J connectivity index is 2.69. The fourth-order valence-electron chi connectivity index (χ4n) is 0.720. The third-order valence-electron chi connectivity index (χ3n) is 1.39. The van der Waals surface area contributed by atoms with Gasteiger partial charge in [-0.2, -0.15) is 0 Å². The Labute approximate surface area is 72.3 Å². The van der Waals surface area contributed by atoms with E-state index in [0.717, 1.165) is 32.5 Å². The van der Waals surface area contributed by atoms with Crippen LogP contribution in [0.25, 0.3) is 0 Å². The fourth-order valence-corrected chi connectivity index (χ4v) is 0.924. The molecular weight excluding hydrogens is 157 g/mol. The van der Waals surface area contributed by atoms with Crippen molar-refractivity contribution in [1.29, 1.82) is 0 Å². The van der Waals surface area contributed by atoms with Crippen molar-refractivity contribution in [3.05, 3.63) is 0 Å². The van der Waals surface area contributed by atoms with Crippen molar-refractivity contribution in [2.45, 2.75) is 19.8 Å². The summed E-state index contributed by atoms with van der Waals surface area (Å²) in [6.45, 7) is 6.00. The molecule has 11 heavy (non-hydrogen) atoms. The van der Waals surface area contributed by atoms with Gasteiger partial charge in [-0.1, -0.05) is 13.3 Å². The van der Waals surface area contributed by atoms with Crippen molar-refractivity contribution in [1.82, 2.24) is 5.32 Å². The Morgan fingerprint density at radius 2 is 2.09 bits per heavy atom. The van der Waals surface area contributed by atoms with Crippen LogP contribution in [0.5, 0.6) is 0 Å². The molecular formula is C8H20NOP. The Hall–Kier alpha value is 0.350. The lowest BCUT2D eigenvalue weighted by Crippen LogP contribution is -2.21. The van der Waals surface area contributed by atoms with E-state index < -0.39 is 0 Å². The summed E-state index contributed by atoms with van der Waals surface area (Å²) < 4.78 is 5.35. The maximum absolute atomic E-state index is 5.35. The molecule has 1 N–H and O–H groups in total. The Morgan fingerprint density at radius 3 is 2.73 bits per heavy atom. The van der Waals surface area contributed by atoms with Gasteiger partial charge in [-0.05, 0) is 19.1 Å². The van der Waals surface area contributed by atoms with Crippen LogP contribution in [0.4, 0.5) is 0 Å². The van der Waals surface area contributed by atoms with Crippen molar-refractivity contribution in [2.24, 2.45) is 0 Å². The largest absolute Gasteiger partial charge is 0.380 e. The van der Waals surface area contributed by atoms with Gasteiger partial charge in [0.1, 0.15) is 0 Å². The smallest absolute Gasteiger partial charge is 0.0590 e. The van der Waals surface area contributed by atoms with Crippen LogP contribution in [0.3, 0.4) is 0 Å². The van der Waals surface area contributed by atoms with Gasteiger partial charge in [-0.15, -0.1) is 9.24 Å². The van der Waals surface area contributed by atoms with Crippen LogP contribution in [0, 0.1) is 0 Å². The maximum Gasteiger partial charge on any atom is 0.0590 e. The van der Waals surface area contributed by atoms with Crippen LogP contribution >= 0.6 is 9.24 Å². The van der Waals surface area contributed by atoms with E-state index in [-0.39, 0.29) is 0 Å². The van der Waals surface area contributed by atoms with Gasteiger partial charge in [0, 0.05) is 13.2 Å². The molecule has 3 heteroatoms. The standard InChI is InChI=1S/C8H20NOP/c1-2-3-6-10-7-4-9-5-8-11/h9H,2-8,11H2,1H3. The highest BCUT2D eigenvalue weighted by Crippen LogP contribution is 1.86. The van der Waals surface area contributed by atoms with Crippen molar-refractivity contribution in [2.75, 3.05) is 32.5 Å². The van der Waals surface area contributed by atoms with Gasteiger partial charge in [0.15, 0.2) is 0 Å². The second kappa shape index (κ2) is 10.3. The van der Waals surface area contributed by atoms with Crippen LogP contribution in [0.2, 0.25) is 0 Å². The molecule has 0 bridgehead atoms. The fraction of sp³-hybridized carbons (Fsp3) is 1.00.